The number of aromatic nitrogens is 1. The van der Waals surface area contributed by atoms with Gasteiger partial charge in [0.1, 0.15) is 6.10 Å². The summed E-state index contributed by atoms with van der Waals surface area (Å²) >= 11 is 17.4. The third-order valence-corrected chi connectivity index (χ3v) is 3.90. The van der Waals surface area contributed by atoms with Crippen LogP contribution < -0.4 is 0 Å². The summed E-state index contributed by atoms with van der Waals surface area (Å²) in [6, 6.07) is 12.3. The van der Waals surface area contributed by atoms with Crippen molar-refractivity contribution in [3.05, 3.63) is 66.0 Å². The van der Waals surface area contributed by atoms with Gasteiger partial charge in [0.2, 0.25) is 3.79 Å². The number of aliphatic hydroxyl groups is 2. The molecule has 1 aromatic heterocycles. The molecule has 3 nitrogen and oxygen atoms in total. The van der Waals surface area contributed by atoms with Crippen molar-refractivity contribution in [1.29, 1.82) is 0 Å². The molecule has 0 fully saturated rings. The van der Waals surface area contributed by atoms with E-state index in [1.807, 2.05) is 6.07 Å². The van der Waals surface area contributed by atoms with Crippen LogP contribution in [0.1, 0.15) is 23.1 Å². The Balaban J connectivity index is 2.42. The van der Waals surface area contributed by atoms with Gasteiger partial charge in [0, 0.05) is 18.3 Å². The minimum Gasteiger partial charge on any atom is -0.388 e. The van der Waals surface area contributed by atoms with Gasteiger partial charge in [-0.05, 0) is 17.2 Å². The van der Waals surface area contributed by atoms with Gasteiger partial charge in [0.05, 0.1) is 6.10 Å². The molecule has 2 rings (SSSR count). The smallest absolute Gasteiger partial charge is 0.216 e. The average Bonchev–Trinajstić information content (AvgIpc) is 2.48. The fourth-order valence-corrected chi connectivity index (χ4v) is 2.58. The summed E-state index contributed by atoms with van der Waals surface area (Å²) in [5, 5.41) is 21.0. The molecule has 0 aliphatic carbocycles. The van der Waals surface area contributed by atoms with Crippen LogP contribution in [0.3, 0.4) is 0 Å². The number of aliphatic hydroxyl groups excluding tert-OH is 2. The molecule has 0 aliphatic heterocycles. The highest BCUT2D eigenvalue weighted by atomic mass is 35.6. The minimum absolute atomic E-state index is 0.590. The van der Waals surface area contributed by atoms with Crippen molar-refractivity contribution >= 4 is 34.8 Å². The number of nitrogens with zero attached hydrogens (tertiary/aromatic N) is 1. The normalized spacial score (nSPS) is 16.2. The predicted molar refractivity (Wildman–Crippen MR) is 84.7 cm³/mol. The van der Waals surface area contributed by atoms with Crippen LogP contribution in [0.25, 0.3) is 0 Å². The van der Waals surface area contributed by atoms with Gasteiger partial charge >= 0.3 is 0 Å². The molecule has 0 spiro atoms. The van der Waals surface area contributed by atoms with Crippen molar-refractivity contribution in [2.24, 2.45) is 0 Å². The second-order valence-electron chi connectivity index (χ2n) is 4.65. The third-order valence-electron chi connectivity index (χ3n) is 3.23. The van der Waals surface area contributed by atoms with Crippen molar-refractivity contribution < 1.29 is 10.2 Å². The highest BCUT2D eigenvalue weighted by molar-refractivity contribution is 6.68. The molecule has 1 aromatic carbocycles. The zero-order chi connectivity index (χ0) is 15.5. The van der Waals surface area contributed by atoms with Gasteiger partial charge in [-0.25, -0.2) is 0 Å². The maximum absolute atomic E-state index is 10.6. The molecule has 0 saturated heterocycles. The van der Waals surface area contributed by atoms with Gasteiger partial charge in [0.15, 0.2) is 0 Å². The fraction of sp³-hybridized carbons (Fsp3) is 0.267. The molecule has 2 aromatic rings. The first-order chi connectivity index (χ1) is 9.91. The second kappa shape index (κ2) is 6.95. The van der Waals surface area contributed by atoms with E-state index in [0.29, 0.717) is 11.1 Å². The van der Waals surface area contributed by atoms with Gasteiger partial charge in [-0.2, -0.15) is 0 Å². The largest absolute Gasteiger partial charge is 0.388 e. The van der Waals surface area contributed by atoms with Crippen molar-refractivity contribution in [3.8, 4) is 0 Å². The lowest BCUT2D eigenvalue weighted by Gasteiger charge is -2.32. The van der Waals surface area contributed by atoms with Crippen LogP contribution in [0.15, 0.2) is 54.9 Å². The molecule has 0 aliphatic rings. The molecule has 3 unspecified atom stereocenters. The van der Waals surface area contributed by atoms with E-state index in [0.717, 1.165) is 0 Å². The van der Waals surface area contributed by atoms with E-state index in [2.05, 4.69) is 4.98 Å². The van der Waals surface area contributed by atoms with Crippen molar-refractivity contribution in [2.45, 2.75) is 21.9 Å². The van der Waals surface area contributed by atoms with Crippen molar-refractivity contribution in [1.82, 2.24) is 4.98 Å². The predicted octanol–water partition coefficient (Wildman–Crippen LogP) is 3.63. The van der Waals surface area contributed by atoms with Crippen LogP contribution in [0, 0.1) is 0 Å². The highest BCUT2D eigenvalue weighted by Gasteiger charge is 2.41. The lowest BCUT2D eigenvalue weighted by Crippen LogP contribution is -2.35. The molecule has 0 saturated carbocycles. The van der Waals surface area contributed by atoms with E-state index in [1.54, 1.807) is 42.6 Å². The Morgan fingerprint density at radius 2 is 1.52 bits per heavy atom. The Bertz CT molecular complexity index is 560. The summed E-state index contributed by atoms with van der Waals surface area (Å²) in [5.74, 6) is -0.811. The molecule has 0 radical (unpaired) electrons. The molecule has 0 bridgehead atoms. The molecular weight excluding hydrogens is 333 g/mol. The Morgan fingerprint density at radius 3 is 2.05 bits per heavy atom. The quantitative estimate of drug-likeness (QED) is 0.831. The van der Waals surface area contributed by atoms with E-state index in [4.69, 9.17) is 34.8 Å². The van der Waals surface area contributed by atoms with E-state index < -0.39 is 21.9 Å². The van der Waals surface area contributed by atoms with E-state index >= 15 is 0 Å². The number of rotatable bonds is 4. The van der Waals surface area contributed by atoms with Gasteiger partial charge in [0.25, 0.3) is 0 Å². The summed E-state index contributed by atoms with van der Waals surface area (Å²) in [6.45, 7) is 0. The minimum atomic E-state index is -1.92. The highest BCUT2D eigenvalue weighted by Crippen LogP contribution is 2.43. The van der Waals surface area contributed by atoms with Gasteiger partial charge in [-0.1, -0.05) is 71.2 Å². The van der Waals surface area contributed by atoms with Gasteiger partial charge in [-0.15, -0.1) is 0 Å². The summed E-state index contributed by atoms with van der Waals surface area (Å²) in [4.78, 5) is 3.99. The molecule has 0 amide bonds. The number of hydrogen-bond acceptors (Lipinski definition) is 3. The average molecular weight is 347 g/mol. The molecule has 21 heavy (non-hydrogen) atoms. The first-order valence-electron chi connectivity index (χ1n) is 6.29. The van der Waals surface area contributed by atoms with Crippen LogP contribution in [0.4, 0.5) is 0 Å². The lowest BCUT2D eigenvalue weighted by atomic mass is 9.86. The van der Waals surface area contributed by atoms with Crippen LogP contribution in [-0.4, -0.2) is 25.1 Å². The van der Waals surface area contributed by atoms with E-state index in [9.17, 15) is 10.2 Å². The second-order valence-corrected chi connectivity index (χ2v) is 7.02. The Kier molecular flexibility index (Phi) is 5.47. The molecule has 1 heterocycles. The topological polar surface area (TPSA) is 53.4 Å². The molecule has 3 atom stereocenters. The number of alkyl halides is 3. The lowest BCUT2D eigenvalue weighted by molar-refractivity contribution is 0.0538. The van der Waals surface area contributed by atoms with Crippen molar-refractivity contribution in [3.63, 3.8) is 0 Å². The standard InChI is InChI=1S/C15H14Cl3NO2/c16-15(17,18)14(21)12(11-7-4-8-19-9-11)13(20)10-5-2-1-3-6-10/h1-9,12-14,20-21H. The zero-order valence-corrected chi connectivity index (χ0v) is 13.2. The Morgan fingerprint density at radius 1 is 0.905 bits per heavy atom. The van der Waals surface area contributed by atoms with E-state index in [-0.39, 0.29) is 0 Å². The molecule has 6 heteroatoms. The van der Waals surface area contributed by atoms with E-state index in [1.165, 1.54) is 6.20 Å². The first kappa shape index (κ1) is 16.5. The first-order valence-corrected chi connectivity index (χ1v) is 7.42. The van der Waals surface area contributed by atoms with Gasteiger partial charge < -0.3 is 10.2 Å². The van der Waals surface area contributed by atoms with Crippen LogP contribution in [-0.2, 0) is 0 Å². The maximum atomic E-state index is 10.6. The summed E-state index contributed by atoms with van der Waals surface area (Å²) in [7, 11) is 0. The van der Waals surface area contributed by atoms with Gasteiger partial charge in [-0.3, -0.25) is 4.98 Å². The SMILES string of the molecule is OC(c1ccccc1)C(c1cccnc1)C(O)C(Cl)(Cl)Cl. The Labute approximate surface area is 138 Å². The maximum Gasteiger partial charge on any atom is 0.216 e. The van der Waals surface area contributed by atoms with Crippen LogP contribution in [0.5, 0.6) is 0 Å². The van der Waals surface area contributed by atoms with Crippen LogP contribution in [0.2, 0.25) is 0 Å². The number of benzene rings is 1. The molecule has 112 valence electrons. The number of halogens is 3. The summed E-state index contributed by atoms with van der Waals surface area (Å²) in [6.07, 6.45) is 0.719. The fourth-order valence-electron chi connectivity index (χ4n) is 2.17. The summed E-state index contributed by atoms with van der Waals surface area (Å²) < 4.78 is -1.92. The monoisotopic (exact) mass is 345 g/mol. The van der Waals surface area contributed by atoms with Crippen LogP contribution >= 0.6 is 34.8 Å². The summed E-state index contributed by atoms with van der Waals surface area (Å²) in [5.41, 5.74) is 1.22. The third kappa shape index (κ3) is 4.09. The molecule has 2 N–H and O–H groups in total. The Hall–Kier alpha value is -0.840. The molecular formula is C15H14Cl3NO2. The number of hydrogen-bond donors (Lipinski definition) is 2. The zero-order valence-electron chi connectivity index (χ0n) is 10.9. The van der Waals surface area contributed by atoms with Crippen molar-refractivity contribution in [2.75, 3.05) is 0 Å². The number of pyridine rings is 1.